The number of carbonyl (C=O) groups excluding carboxylic acids is 1. The molecule has 0 spiro atoms. The number of halogens is 1. The maximum atomic E-state index is 11.3. The fourth-order valence-electron chi connectivity index (χ4n) is 1.33. The molecule has 6 heteroatoms. The van der Waals surface area contributed by atoms with E-state index in [0.717, 1.165) is 0 Å². The van der Waals surface area contributed by atoms with Gasteiger partial charge in [-0.15, -0.1) is 11.6 Å². The molecule has 1 aromatic rings. The van der Waals surface area contributed by atoms with Crippen LogP contribution in [0, 0.1) is 0 Å². The van der Waals surface area contributed by atoms with E-state index in [1.54, 1.807) is 19.1 Å². The van der Waals surface area contributed by atoms with Gasteiger partial charge in [-0.25, -0.2) is 4.99 Å². The minimum absolute atomic E-state index is 0.0179. The molecule has 5 nitrogen and oxygen atoms in total. The lowest BCUT2D eigenvalue weighted by molar-refractivity contribution is -0.142. The molecule has 0 aliphatic carbocycles. The maximum Gasteiger partial charge on any atom is 0.310 e. The van der Waals surface area contributed by atoms with E-state index < -0.39 is 0 Å². The van der Waals surface area contributed by atoms with Gasteiger partial charge in [0.25, 0.3) is 0 Å². The fraction of sp³-hybridized carbons (Fsp3) is 0.333. The van der Waals surface area contributed by atoms with Crippen LogP contribution in [0.5, 0.6) is 5.75 Å². The lowest BCUT2D eigenvalue weighted by Crippen LogP contribution is -2.12. The Morgan fingerprint density at radius 2 is 2.28 bits per heavy atom. The average Bonchev–Trinajstić information content (AvgIpc) is 2.33. The molecule has 1 aromatic carbocycles. The van der Waals surface area contributed by atoms with Gasteiger partial charge < -0.3 is 15.6 Å². The van der Waals surface area contributed by atoms with Gasteiger partial charge >= 0.3 is 5.97 Å². The molecule has 0 fully saturated rings. The fourth-order valence-corrected chi connectivity index (χ4v) is 1.39. The molecule has 1 rings (SSSR count). The molecule has 0 radical (unpaired) electrons. The molecule has 18 heavy (non-hydrogen) atoms. The summed E-state index contributed by atoms with van der Waals surface area (Å²) in [5.74, 6) is -0.0824. The van der Waals surface area contributed by atoms with Crippen LogP contribution in [0.25, 0.3) is 0 Å². The third-order valence-electron chi connectivity index (χ3n) is 2.09. The molecule has 3 N–H and O–H groups in total. The monoisotopic (exact) mass is 270 g/mol. The topological polar surface area (TPSA) is 84.9 Å². The van der Waals surface area contributed by atoms with Crippen molar-refractivity contribution in [2.24, 2.45) is 10.7 Å². The minimum atomic E-state index is -0.330. The van der Waals surface area contributed by atoms with E-state index >= 15 is 0 Å². The number of aliphatic imine (C=N–C) groups is 1. The molecule has 0 unspecified atom stereocenters. The molecule has 0 aromatic heterocycles. The molecule has 0 bridgehead atoms. The van der Waals surface area contributed by atoms with Crippen LogP contribution in [0.2, 0.25) is 0 Å². The van der Waals surface area contributed by atoms with E-state index in [9.17, 15) is 9.90 Å². The number of nitrogens with zero attached hydrogens (tertiary/aromatic N) is 1. The van der Waals surface area contributed by atoms with Crippen molar-refractivity contribution in [2.45, 2.75) is 13.3 Å². The highest BCUT2D eigenvalue weighted by atomic mass is 35.5. The number of hydrogen-bond donors (Lipinski definition) is 2. The van der Waals surface area contributed by atoms with Crippen molar-refractivity contribution in [1.29, 1.82) is 0 Å². The summed E-state index contributed by atoms with van der Waals surface area (Å²) < 4.78 is 4.84. The van der Waals surface area contributed by atoms with Crippen molar-refractivity contribution in [2.75, 3.05) is 12.5 Å². The van der Waals surface area contributed by atoms with Crippen LogP contribution in [-0.4, -0.2) is 29.4 Å². The van der Waals surface area contributed by atoms with E-state index in [1.807, 2.05) is 0 Å². The third-order valence-corrected chi connectivity index (χ3v) is 2.37. The Kier molecular flexibility index (Phi) is 5.45. The van der Waals surface area contributed by atoms with Gasteiger partial charge in [-0.2, -0.15) is 0 Å². The van der Waals surface area contributed by atoms with Gasteiger partial charge in [0.1, 0.15) is 17.3 Å². The molecule has 0 aliphatic heterocycles. The summed E-state index contributed by atoms with van der Waals surface area (Å²) in [5, 5.41) is 9.59. The quantitative estimate of drug-likeness (QED) is 0.369. The normalized spacial score (nSPS) is 11.3. The lowest BCUT2D eigenvalue weighted by atomic mass is 10.1. The number of phenolic OH excluding ortho intramolecular Hbond substituents is 1. The first-order valence-corrected chi connectivity index (χ1v) is 5.96. The molecule has 0 heterocycles. The zero-order chi connectivity index (χ0) is 13.5. The molecule has 0 amide bonds. The zero-order valence-corrected chi connectivity index (χ0v) is 10.8. The molecule has 0 saturated heterocycles. The largest absolute Gasteiger partial charge is 0.506 e. The van der Waals surface area contributed by atoms with E-state index in [2.05, 4.69) is 4.99 Å². The summed E-state index contributed by atoms with van der Waals surface area (Å²) in [6.07, 6.45) is 0.122. The number of ether oxygens (including phenoxy) is 1. The first kappa shape index (κ1) is 14.3. The number of aromatic hydroxyl groups is 1. The second kappa shape index (κ2) is 6.86. The summed E-state index contributed by atoms with van der Waals surface area (Å²) in [7, 11) is 0. The highest BCUT2D eigenvalue weighted by molar-refractivity contribution is 6.28. The minimum Gasteiger partial charge on any atom is -0.506 e. The number of carbonyl (C=O) groups is 1. The number of nitrogens with two attached hydrogens (primary N) is 1. The summed E-state index contributed by atoms with van der Waals surface area (Å²) in [4.78, 5) is 15.3. The van der Waals surface area contributed by atoms with Crippen LogP contribution >= 0.6 is 11.6 Å². The van der Waals surface area contributed by atoms with Gasteiger partial charge in [-0.1, -0.05) is 6.07 Å². The molecule has 98 valence electrons. The Balaban J connectivity index is 2.90. The van der Waals surface area contributed by atoms with Crippen LogP contribution in [0.3, 0.4) is 0 Å². The third kappa shape index (κ3) is 4.25. The highest BCUT2D eigenvalue weighted by Gasteiger charge is 2.07. The van der Waals surface area contributed by atoms with Crippen LogP contribution in [0.1, 0.15) is 12.5 Å². The number of benzene rings is 1. The summed E-state index contributed by atoms with van der Waals surface area (Å²) in [6, 6.07) is 4.66. The molecule has 0 atom stereocenters. The van der Waals surface area contributed by atoms with Crippen molar-refractivity contribution < 1.29 is 14.6 Å². The SMILES string of the molecule is CCOC(=O)Cc1ccc(O)c(N=C(N)CCl)c1. The molecular weight excluding hydrogens is 256 g/mol. The Morgan fingerprint density at radius 1 is 1.56 bits per heavy atom. The standard InChI is InChI=1S/C12H15ClN2O3/c1-2-18-12(17)6-8-3-4-10(16)9(5-8)15-11(14)7-13/h3-5,16H,2,6-7H2,1H3,(H2,14,15). The molecule has 0 saturated carbocycles. The van der Waals surface area contributed by atoms with Gasteiger partial charge in [0, 0.05) is 0 Å². The van der Waals surface area contributed by atoms with Crippen molar-refractivity contribution in [3.8, 4) is 5.75 Å². The second-order valence-electron chi connectivity index (χ2n) is 3.54. The number of hydrogen-bond acceptors (Lipinski definition) is 4. The van der Waals surface area contributed by atoms with Crippen LogP contribution < -0.4 is 5.73 Å². The summed E-state index contributed by atoms with van der Waals surface area (Å²) >= 11 is 5.51. The van der Waals surface area contributed by atoms with Gasteiger partial charge in [-0.05, 0) is 24.6 Å². The van der Waals surface area contributed by atoms with Gasteiger partial charge in [-0.3, -0.25) is 4.79 Å². The molecular formula is C12H15ClN2O3. The zero-order valence-electron chi connectivity index (χ0n) is 10.0. The average molecular weight is 271 g/mol. The van der Waals surface area contributed by atoms with Crippen LogP contribution in [0.4, 0.5) is 5.69 Å². The van der Waals surface area contributed by atoms with Crippen molar-refractivity contribution in [3.63, 3.8) is 0 Å². The van der Waals surface area contributed by atoms with Crippen LogP contribution in [0.15, 0.2) is 23.2 Å². The maximum absolute atomic E-state index is 11.3. The number of amidine groups is 1. The summed E-state index contributed by atoms with van der Waals surface area (Å²) in [5.41, 5.74) is 6.46. The van der Waals surface area contributed by atoms with Gasteiger partial charge in [0.05, 0.1) is 18.9 Å². The first-order chi connectivity index (χ1) is 8.56. The van der Waals surface area contributed by atoms with E-state index in [0.29, 0.717) is 12.2 Å². The van der Waals surface area contributed by atoms with Crippen molar-refractivity contribution in [1.82, 2.24) is 0 Å². The Bertz CT molecular complexity index is 461. The first-order valence-electron chi connectivity index (χ1n) is 5.43. The Labute approximate surface area is 110 Å². The van der Waals surface area contributed by atoms with E-state index in [-0.39, 0.29) is 35.5 Å². The van der Waals surface area contributed by atoms with Gasteiger partial charge in [0.2, 0.25) is 0 Å². The number of alkyl halides is 1. The molecule has 0 aliphatic rings. The predicted octanol–water partition coefficient (Wildman–Crippen LogP) is 1.73. The van der Waals surface area contributed by atoms with Crippen molar-refractivity contribution in [3.05, 3.63) is 23.8 Å². The Morgan fingerprint density at radius 3 is 2.89 bits per heavy atom. The van der Waals surface area contributed by atoms with Crippen LogP contribution in [-0.2, 0) is 16.0 Å². The summed E-state index contributed by atoms with van der Waals surface area (Å²) in [6.45, 7) is 2.08. The smallest absolute Gasteiger partial charge is 0.310 e. The highest BCUT2D eigenvalue weighted by Crippen LogP contribution is 2.27. The lowest BCUT2D eigenvalue weighted by Gasteiger charge is -2.05. The predicted molar refractivity (Wildman–Crippen MR) is 70.4 cm³/mol. The number of rotatable bonds is 5. The number of phenols is 1. The van der Waals surface area contributed by atoms with Gasteiger partial charge in [0.15, 0.2) is 0 Å². The van der Waals surface area contributed by atoms with E-state index in [4.69, 9.17) is 22.1 Å². The number of esters is 1. The Hall–Kier alpha value is -1.75. The van der Waals surface area contributed by atoms with Crippen molar-refractivity contribution >= 4 is 29.1 Å². The second-order valence-corrected chi connectivity index (χ2v) is 3.81. The van der Waals surface area contributed by atoms with E-state index in [1.165, 1.54) is 6.07 Å².